The Hall–Kier alpha value is -4.21. The van der Waals surface area contributed by atoms with Gasteiger partial charge in [0.25, 0.3) is 0 Å². The Morgan fingerprint density at radius 1 is 0.955 bits per heavy atom. The number of para-hydroxylation sites is 1. The number of halogens is 5. The first-order valence-corrected chi connectivity index (χ1v) is 14.5. The van der Waals surface area contributed by atoms with Gasteiger partial charge >= 0.3 is 12.2 Å². The second-order valence-corrected chi connectivity index (χ2v) is 11.1. The topological polar surface area (TPSA) is 65.4 Å². The number of benzene rings is 4. The van der Waals surface area contributed by atoms with Crippen molar-refractivity contribution >= 4 is 35.1 Å². The lowest BCUT2D eigenvalue weighted by molar-refractivity contribution is -0.137. The second-order valence-electron chi connectivity index (χ2n) is 10.2. The largest absolute Gasteiger partial charge is 0.508 e. The van der Waals surface area contributed by atoms with Crippen LogP contribution in [0, 0.1) is 0 Å². The van der Waals surface area contributed by atoms with Gasteiger partial charge in [-0.15, -0.1) is 0 Å². The number of phenols is 1. The van der Waals surface area contributed by atoms with Gasteiger partial charge in [-0.2, -0.15) is 13.2 Å². The molecular formula is C33H28Cl2F3N3O3. The van der Waals surface area contributed by atoms with E-state index < -0.39 is 29.9 Å². The summed E-state index contributed by atoms with van der Waals surface area (Å²) in [5, 5.41) is 11.4. The van der Waals surface area contributed by atoms with Crippen molar-refractivity contribution < 1.29 is 27.8 Å². The molecule has 0 fully saturated rings. The van der Waals surface area contributed by atoms with Crippen molar-refractivity contribution in [1.82, 2.24) is 9.80 Å². The van der Waals surface area contributed by atoms with Crippen molar-refractivity contribution in [3.8, 4) is 11.5 Å². The van der Waals surface area contributed by atoms with E-state index in [2.05, 4.69) is 0 Å². The average molecular weight is 643 g/mol. The van der Waals surface area contributed by atoms with E-state index in [4.69, 9.17) is 32.9 Å². The fraction of sp³-hybridized carbons (Fsp3) is 0.212. The summed E-state index contributed by atoms with van der Waals surface area (Å²) >= 11 is 12.4. The summed E-state index contributed by atoms with van der Waals surface area (Å²) in [6, 6.07) is 21.9. The van der Waals surface area contributed by atoms with Crippen LogP contribution in [0.3, 0.4) is 0 Å². The Morgan fingerprint density at radius 3 is 2.16 bits per heavy atom. The third kappa shape index (κ3) is 6.49. The minimum absolute atomic E-state index is 0.0251. The van der Waals surface area contributed by atoms with Crippen LogP contribution in [0.15, 0.2) is 96.0 Å². The van der Waals surface area contributed by atoms with E-state index in [0.717, 1.165) is 17.7 Å². The predicted molar refractivity (Wildman–Crippen MR) is 164 cm³/mol. The maximum Gasteiger partial charge on any atom is 0.416 e. The van der Waals surface area contributed by atoms with Crippen LogP contribution in [0.4, 0.5) is 18.0 Å². The van der Waals surface area contributed by atoms with Crippen LogP contribution < -0.4 is 4.74 Å². The Morgan fingerprint density at radius 2 is 1.57 bits per heavy atom. The average Bonchev–Trinajstić information content (AvgIpc) is 3.38. The molecule has 6 nitrogen and oxygen atoms in total. The van der Waals surface area contributed by atoms with Crippen molar-refractivity contribution in [2.24, 2.45) is 4.99 Å². The summed E-state index contributed by atoms with van der Waals surface area (Å²) in [5.74, 6) is 0.0992. The third-order valence-electron chi connectivity index (χ3n) is 7.27. The molecule has 0 bridgehead atoms. The van der Waals surface area contributed by atoms with Gasteiger partial charge in [-0.3, -0.25) is 9.89 Å². The number of phenolic OH excluding ortho intramolecular Hbond substituents is 1. The monoisotopic (exact) mass is 641 g/mol. The molecule has 0 radical (unpaired) electrons. The molecule has 0 aliphatic carbocycles. The van der Waals surface area contributed by atoms with E-state index in [-0.39, 0.29) is 36.0 Å². The van der Waals surface area contributed by atoms with Gasteiger partial charge < -0.3 is 14.7 Å². The van der Waals surface area contributed by atoms with Crippen LogP contribution in [0.25, 0.3) is 0 Å². The van der Waals surface area contributed by atoms with Gasteiger partial charge in [-0.1, -0.05) is 65.7 Å². The molecule has 0 saturated carbocycles. The van der Waals surface area contributed by atoms with Gasteiger partial charge in [-0.05, 0) is 66.6 Å². The lowest BCUT2D eigenvalue weighted by atomic mass is 9.93. The number of rotatable bonds is 7. The summed E-state index contributed by atoms with van der Waals surface area (Å²) in [7, 11) is 1.58. The number of carbonyl (C=O) groups is 1. The van der Waals surface area contributed by atoms with E-state index in [9.17, 15) is 23.1 Å². The number of hydrogen-bond acceptors (Lipinski definition) is 4. The Kier molecular flexibility index (Phi) is 9.08. The van der Waals surface area contributed by atoms with Crippen molar-refractivity contribution in [2.45, 2.75) is 31.7 Å². The molecule has 5 rings (SSSR count). The molecule has 2 atom stereocenters. The summed E-state index contributed by atoms with van der Waals surface area (Å²) in [4.78, 5) is 22.3. The van der Waals surface area contributed by atoms with Crippen LogP contribution >= 0.6 is 23.2 Å². The Balaban J connectivity index is 1.70. The maximum atomic E-state index is 14.4. The number of ether oxygens (including phenoxy) is 1. The van der Waals surface area contributed by atoms with E-state index in [1.165, 1.54) is 21.9 Å². The van der Waals surface area contributed by atoms with Gasteiger partial charge in [0.15, 0.2) is 0 Å². The quantitative estimate of drug-likeness (QED) is 0.219. The van der Waals surface area contributed by atoms with E-state index in [1.54, 1.807) is 80.7 Å². The highest BCUT2D eigenvalue weighted by molar-refractivity contribution is 6.30. The number of alkyl halides is 3. The van der Waals surface area contributed by atoms with E-state index in [0.29, 0.717) is 21.2 Å². The number of aliphatic imine (C=N–C) groups is 1. The minimum atomic E-state index is -4.60. The summed E-state index contributed by atoms with van der Waals surface area (Å²) in [6.45, 7) is 1.81. The van der Waals surface area contributed by atoms with E-state index in [1.807, 2.05) is 0 Å². The summed E-state index contributed by atoms with van der Waals surface area (Å²) < 4.78 is 46.8. The molecule has 2 unspecified atom stereocenters. The molecule has 0 aromatic heterocycles. The minimum Gasteiger partial charge on any atom is -0.508 e. The first-order chi connectivity index (χ1) is 21.0. The molecule has 228 valence electrons. The number of carbonyl (C=O) groups excluding carboxylic acids is 1. The SMILES string of the molecule is CCOc1cc(C(F)(F)F)ccc1C1=NC(c2ccc(Cl)cc2)C(c2ccc(Cl)cc2)N1C(=O)N(C)Cc1ccccc1O. The molecule has 1 heterocycles. The summed E-state index contributed by atoms with van der Waals surface area (Å²) in [5.41, 5.74) is 1.28. The number of urea groups is 1. The van der Waals surface area contributed by atoms with Crippen molar-refractivity contribution in [3.05, 3.63) is 129 Å². The number of nitrogens with zero attached hydrogens (tertiary/aromatic N) is 3. The van der Waals surface area contributed by atoms with Gasteiger partial charge in [0.2, 0.25) is 0 Å². The zero-order valence-electron chi connectivity index (χ0n) is 23.7. The molecule has 4 aromatic carbocycles. The first kappa shape index (κ1) is 31.2. The van der Waals surface area contributed by atoms with Crippen molar-refractivity contribution in [3.63, 3.8) is 0 Å². The van der Waals surface area contributed by atoms with Crippen LogP contribution in [0.1, 0.15) is 46.8 Å². The van der Waals surface area contributed by atoms with Crippen molar-refractivity contribution in [1.29, 1.82) is 0 Å². The lowest BCUT2D eigenvalue weighted by Gasteiger charge is -2.33. The molecule has 2 amide bonds. The fourth-order valence-corrected chi connectivity index (χ4v) is 5.42. The van der Waals surface area contributed by atoms with Crippen LogP contribution in [0.5, 0.6) is 11.5 Å². The summed E-state index contributed by atoms with van der Waals surface area (Å²) in [6.07, 6.45) is -4.60. The molecule has 44 heavy (non-hydrogen) atoms. The zero-order chi connectivity index (χ0) is 31.6. The predicted octanol–water partition coefficient (Wildman–Crippen LogP) is 8.91. The normalized spacial score (nSPS) is 16.5. The number of amides is 2. The Bertz CT molecular complexity index is 1680. The standard InChI is InChI=1S/C33H28Cl2F3N3O3/c1-3-44-28-18-23(33(36,37)38)12-17-26(28)31-39-29(20-8-13-24(34)14-9-20)30(21-10-15-25(35)16-11-21)41(31)32(43)40(2)19-22-6-4-5-7-27(22)42/h4-18,29-30,42H,3,19H2,1-2H3. The number of aromatic hydroxyl groups is 1. The maximum absolute atomic E-state index is 14.4. The molecule has 4 aromatic rings. The van der Waals surface area contributed by atoms with Crippen LogP contribution in [-0.2, 0) is 12.7 Å². The van der Waals surface area contributed by atoms with Gasteiger partial charge in [-0.25, -0.2) is 4.79 Å². The van der Waals surface area contributed by atoms with Crippen LogP contribution in [0.2, 0.25) is 10.0 Å². The first-order valence-electron chi connectivity index (χ1n) is 13.7. The molecular weight excluding hydrogens is 614 g/mol. The second kappa shape index (κ2) is 12.8. The van der Waals surface area contributed by atoms with Crippen LogP contribution in [-0.4, -0.2) is 40.4 Å². The number of amidine groups is 1. The lowest BCUT2D eigenvalue weighted by Crippen LogP contribution is -2.45. The van der Waals surface area contributed by atoms with Gasteiger partial charge in [0.05, 0.1) is 30.3 Å². The zero-order valence-corrected chi connectivity index (χ0v) is 25.2. The molecule has 1 N–H and O–H groups in total. The molecule has 11 heteroatoms. The van der Waals surface area contributed by atoms with Gasteiger partial charge in [0, 0.05) is 22.7 Å². The van der Waals surface area contributed by atoms with Crippen molar-refractivity contribution in [2.75, 3.05) is 13.7 Å². The highest BCUT2D eigenvalue weighted by Gasteiger charge is 2.44. The number of hydrogen-bond donors (Lipinski definition) is 1. The van der Waals surface area contributed by atoms with Gasteiger partial charge in [0.1, 0.15) is 23.4 Å². The highest BCUT2D eigenvalue weighted by atomic mass is 35.5. The molecule has 1 aliphatic heterocycles. The fourth-order valence-electron chi connectivity index (χ4n) is 5.16. The Labute approximate surface area is 262 Å². The van der Waals surface area contributed by atoms with E-state index >= 15 is 0 Å². The smallest absolute Gasteiger partial charge is 0.416 e. The molecule has 0 saturated heterocycles. The molecule has 1 aliphatic rings. The third-order valence-corrected chi connectivity index (χ3v) is 7.78. The highest BCUT2D eigenvalue weighted by Crippen LogP contribution is 2.46. The molecule has 0 spiro atoms.